The zero-order valence-electron chi connectivity index (χ0n) is 8.85. The van der Waals surface area contributed by atoms with Gasteiger partial charge in [0.05, 0.1) is 0 Å². The van der Waals surface area contributed by atoms with Crippen LogP contribution in [0.3, 0.4) is 0 Å². The van der Waals surface area contributed by atoms with Gasteiger partial charge in [0.25, 0.3) is 0 Å². The highest BCUT2D eigenvalue weighted by Gasteiger charge is 2.56. The maximum atomic E-state index is 6.08. The van der Waals surface area contributed by atoms with Crippen molar-refractivity contribution in [2.45, 2.75) is 51.9 Å². The van der Waals surface area contributed by atoms with E-state index in [2.05, 4.69) is 26.1 Å². The average molecular weight is 183 g/mol. The molecule has 0 radical (unpaired) electrons. The molecule has 3 heteroatoms. The van der Waals surface area contributed by atoms with E-state index in [-0.39, 0.29) is 5.41 Å². The smallest absolute Gasteiger partial charge is 0.124 e. The molecule has 1 saturated heterocycles. The van der Waals surface area contributed by atoms with Crippen molar-refractivity contribution in [1.29, 1.82) is 0 Å². The van der Waals surface area contributed by atoms with Gasteiger partial charge in [-0.3, -0.25) is 5.32 Å². The molecule has 0 amide bonds. The predicted octanol–water partition coefficient (Wildman–Crippen LogP) is 0.746. The maximum Gasteiger partial charge on any atom is 0.124 e. The van der Waals surface area contributed by atoms with E-state index in [0.717, 1.165) is 12.8 Å². The zero-order valence-corrected chi connectivity index (χ0v) is 8.85. The van der Waals surface area contributed by atoms with Crippen molar-refractivity contribution in [3.8, 4) is 0 Å². The van der Waals surface area contributed by atoms with Gasteiger partial charge < -0.3 is 11.5 Å². The molecule has 1 aliphatic carbocycles. The van der Waals surface area contributed by atoms with Crippen LogP contribution in [0.15, 0.2) is 0 Å². The Labute approximate surface area is 80.2 Å². The van der Waals surface area contributed by atoms with Gasteiger partial charge in [-0.2, -0.15) is 0 Å². The van der Waals surface area contributed by atoms with Crippen LogP contribution in [0.5, 0.6) is 0 Å². The Bertz CT molecular complexity index is 232. The molecule has 1 aliphatic heterocycles. The van der Waals surface area contributed by atoms with E-state index in [4.69, 9.17) is 11.5 Å². The Balaban J connectivity index is 2.31. The highest BCUT2D eigenvalue weighted by molar-refractivity contribution is 5.10. The first-order valence-electron chi connectivity index (χ1n) is 5.10. The molecule has 0 aromatic rings. The van der Waals surface area contributed by atoms with Crippen molar-refractivity contribution in [3.63, 3.8) is 0 Å². The van der Waals surface area contributed by atoms with E-state index in [1.807, 2.05) is 0 Å². The van der Waals surface area contributed by atoms with E-state index < -0.39 is 5.79 Å². The van der Waals surface area contributed by atoms with Gasteiger partial charge in [-0.25, -0.2) is 0 Å². The van der Waals surface area contributed by atoms with Crippen LogP contribution in [0.25, 0.3) is 0 Å². The van der Waals surface area contributed by atoms with E-state index in [9.17, 15) is 0 Å². The molecule has 3 nitrogen and oxygen atoms in total. The quantitative estimate of drug-likeness (QED) is 0.485. The lowest BCUT2D eigenvalue weighted by molar-refractivity contribution is 0.0800. The van der Waals surface area contributed by atoms with E-state index in [1.54, 1.807) is 0 Å². The first kappa shape index (κ1) is 9.44. The van der Waals surface area contributed by atoms with Crippen LogP contribution in [0.2, 0.25) is 0 Å². The summed E-state index contributed by atoms with van der Waals surface area (Å²) in [6.07, 6.45) is 3.44. The topological polar surface area (TPSA) is 64.1 Å². The van der Waals surface area contributed by atoms with Crippen molar-refractivity contribution >= 4 is 0 Å². The average Bonchev–Trinajstić information content (AvgIpc) is 1.93. The minimum absolute atomic E-state index is 0.0689. The molecule has 1 saturated carbocycles. The Morgan fingerprint density at radius 1 is 1.15 bits per heavy atom. The third-order valence-corrected chi connectivity index (χ3v) is 3.81. The standard InChI is InChI=1S/C10H21N3/c1-8(2)4-7-5-9(3,6-8)10(11,12)13-7/h7,13H,4-6,11-12H2,1-3H3. The maximum absolute atomic E-state index is 6.08. The molecule has 2 bridgehead atoms. The van der Waals surface area contributed by atoms with Crippen molar-refractivity contribution < 1.29 is 0 Å². The van der Waals surface area contributed by atoms with Crippen LogP contribution >= 0.6 is 0 Å². The molecular weight excluding hydrogens is 162 g/mol. The monoisotopic (exact) mass is 183 g/mol. The van der Waals surface area contributed by atoms with Crippen LogP contribution < -0.4 is 16.8 Å². The predicted molar refractivity (Wildman–Crippen MR) is 53.8 cm³/mol. The van der Waals surface area contributed by atoms with Gasteiger partial charge in [0, 0.05) is 11.5 Å². The van der Waals surface area contributed by atoms with Gasteiger partial charge >= 0.3 is 0 Å². The second kappa shape index (κ2) is 2.27. The number of nitrogens with one attached hydrogen (secondary N) is 1. The van der Waals surface area contributed by atoms with Gasteiger partial charge in [0.2, 0.25) is 0 Å². The number of hydrogen-bond donors (Lipinski definition) is 3. The van der Waals surface area contributed by atoms with E-state index in [1.165, 1.54) is 6.42 Å². The lowest BCUT2D eigenvalue weighted by Gasteiger charge is -2.43. The number of fused-ring (bicyclic) bond motifs is 2. The fourth-order valence-electron chi connectivity index (χ4n) is 3.41. The summed E-state index contributed by atoms with van der Waals surface area (Å²) in [6, 6.07) is 0.517. The molecule has 0 aromatic carbocycles. The first-order chi connectivity index (χ1) is 5.74. The summed E-state index contributed by atoms with van der Waals surface area (Å²) in [4.78, 5) is 0. The molecule has 2 unspecified atom stereocenters. The Hall–Kier alpha value is -0.120. The molecule has 76 valence electrons. The highest BCUT2D eigenvalue weighted by Crippen LogP contribution is 2.52. The number of nitrogens with two attached hydrogens (primary N) is 2. The van der Waals surface area contributed by atoms with Crippen LogP contribution in [-0.4, -0.2) is 11.8 Å². The third-order valence-electron chi connectivity index (χ3n) is 3.81. The van der Waals surface area contributed by atoms with Crippen molar-refractivity contribution in [1.82, 2.24) is 5.32 Å². The SMILES string of the molecule is CC1(C)CC2CC(C)(C1)C(N)(N)N2. The second-order valence-corrected chi connectivity index (χ2v) is 6.02. The normalized spacial score (nSPS) is 46.4. The zero-order chi connectivity index (χ0) is 9.91. The molecule has 13 heavy (non-hydrogen) atoms. The largest absolute Gasteiger partial charge is 0.301 e. The van der Waals surface area contributed by atoms with Crippen molar-refractivity contribution in [2.24, 2.45) is 22.3 Å². The fourth-order valence-corrected chi connectivity index (χ4v) is 3.41. The fraction of sp³-hybridized carbons (Fsp3) is 1.00. The highest BCUT2D eigenvalue weighted by atomic mass is 15.3. The van der Waals surface area contributed by atoms with Gasteiger partial charge in [-0.15, -0.1) is 0 Å². The molecule has 0 aromatic heterocycles. The summed E-state index contributed by atoms with van der Waals surface area (Å²) in [7, 11) is 0. The minimum atomic E-state index is -0.661. The summed E-state index contributed by atoms with van der Waals surface area (Å²) in [6.45, 7) is 6.82. The third kappa shape index (κ3) is 1.30. The van der Waals surface area contributed by atoms with Gasteiger partial charge in [0.1, 0.15) is 5.79 Å². The molecule has 2 aliphatic rings. The molecule has 2 atom stereocenters. The van der Waals surface area contributed by atoms with Gasteiger partial charge in [-0.1, -0.05) is 20.8 Å². The first-order valence-corrected chi connectivity index (χ1v) is 5.10. The lowest BCUT2D eigenvalue weighted by Crippen LogP contribution is -2.66. The molecule has 2 fully saturated rings. The van der Waals surface area contributed by atoms with Crippen LogP contribution in [0, 0.1) is 10.8 Å². The summed E-state index contributed by atoms with van der Waals surface area (Å²) in [5.74, 6) is -0.661. The van der Waals surface area contributed by atoms with E-state index >= 15 is 0 Å². The summed E-state index contributed by atoms with van der Waals surface area (Å²) in [5, 5.41) is 3.34. The Morgan fingerprint density at radius 3 is 2.31 bits per heavy atom. The summed E-state index contributed by atoms with van der Waals surface area (Å²) >= 11 is 0. The second-order valence-electron chi connectivity index (χ2n) is 6.02. The van der Waals surface area contributed by atoms with E-state index in [0.29, 0.717) is 11.5 Å². The number of rotatable bonds is 0. The van der Waals surface area contributed by atoms with Crippen molar-refractivity contribution in [3.05, 3.63) is 0 Å². The minimum Gasteiger partial charge on any atom is -0.301 e. The van der Waals surface area contributed by atoms with Crippen molar-refractivity contribution in [2.75, 3.05) is 0 Å². The molecule has 0 spiro atoms. The van der Waals surface area contributed by atoms with Crippen LogP contribution in [0.4, 0.5) is 0 Å². The van der Waals surface area contributed by atoms with Crippen LogP contribution in [0.1, 0.15) is 40.0 Å². The summed E-state index contributed by atoms with van der Waals surface area (Å²) < 4.78 is 0. The van der Waals surface area contributed by atoms with Crippen LogP contribution in [-0.2, 0) is 0 Å². The molecule has 2 rings (SSSR count). The molecule has 5 N–H and O–H groups in total. The Kier molecular flexibility index (Phi) is 1.65. The lowest BCUT2D eigenvalue weighted by atomic mass is 9.63. The molecule has 1 heterocycles. The summed E-state index contributed by atoms with van der Waals surface area (Å²) in [5.41, 5.74) is 12.6. The number of hydrogen-bond acceptors (Lipinski definition) is 3. The Morgan fingerprint density at radius 2 is 1.77 bits per heavy atom. The van der Waals surface area contributed by atoms with Gasteiger partial charge in [-0.05, 0) is 24.7 Å². The van der Waals surface area contributed by atoms with Gasteiger partial charge in [0.15, 0.2) is 0 Å². The molecular formula is C10H21N3.